The zero-order chi connectivity index (χ0) is 10.7. The van der Waals surface area contributed by atoms with Crippen LogP contribution < -0.4 is 11.1 Å². The first-order chi connectivity index (χ1) is 6.50. The molecule has 0 aliphatic heterocycles. The maximum Gasteiger partial charge on any atom is 0.313 e. The molecule has 0 spiro atoms. The predicted molar refractivity (Wildman–Crippen MR) is 50.4 cm³/mol. The van der Waals surface area contributed by atoms with Crippen molar-refractivity contribution in [2.45, 2.75) is 19.9 Å². The number of hydrogen-bond donors (Lipinski definition) is 2. The second-order valence-corrected chi connectivity index (χ2v) is 3.12. The second kappa shape index (κ2) is 3.91. The summed E-state index contributed by atoms with van der Waals surface area (Å²) in [6.07, 6.45) is 3.09. The van der Waals surface area contributed by atoms with Gasteiger partial charge in [0.25, 0.3) is 0 Å². The number of amides is 2. The lowest BCUT2D eigenvalue weighted by atomic mass is 10.4. The average molecular weight is 196 g/mol. The largest absolute Gasteiger partial charge is 0.361 e. The molecule has 0 aliphatic carbocycles. The maximum absolute atomic E-state index is 10.9. The number of rotatable bonds is 2. The van der Waals surface area contributed by atoms with E-state index in [1.54, 1.807) is 10.9 Å². The molecule has 6 nitrogen and oxygen atoms in total. The van der Waals surface area contributed by atoms with E-state index in [1.807, 2.05) is 13.8 Å². The highest BCUT2D eigenvalue weighted by Gasteiger charge is 2.10. The van der Waals surface area contributed by atoms with Gasteiger partial charge in [-0.1, -0.05) is 0 Å². The zero-order valence-corrected chi connectivity index (χ0v) is 8.02. The predicted octanol–water partition coefficient (Wildman–Crippen LogP) is -0.112. The van der Waals surface area contributed by atoms with Crippen LogP contribution in [-0.4, -0.2) is 21.6 Å². The lowest BCUT2D eigenvalue weighted by Crippen LogP contribution is -2.29. The van der Waals surface area contributed by atoms with Crippen LogP contribution in [0.3, 0.4) is 0 Å². The van der Waals surface area contributed by atoms with Gasteiger partial charge in [0.1, 0.15) is 0 Å². The number of nitrogens with zero attached hydrogens (tertiary/aromatic N) is 2. The molecule has 0 aliphatic rings. The van der Waals surface area contributed by atoms with E-state index in [4.69, 9.17) is 5.73 Å². The molecule has 0 atom stereocenters. The summed E-state index contributed by atoms with van der Waals surface area (Å²) in [7, 11) is 0. The Morgan fingerprint density at radius 1 is 1.57 bits per heavy atom. The number of aromatic nitrogens is 2. The van der Waals surface area contributed by atoms with Gasteiger partial charge in [0.2, 0.25) is 0 Å². The van der Waals surface area contributed by atoms with Crippen LogP contribution in [0.1, 0.15) is 19.9 Å². The molecule has 0 aromatic carbocycles. The van der Waals surface area contributed by atoms with Gasteiger partial charge in [0.15, 0.2) is 0 Å². The summed E-state index contributed by atoms with van der Waals surface area (Å²) in [5.41, 5.74) is 5.23. The third-order valence-corrected chi connectivity index (χ3v) is 1.61. The Bertz CT molecular complexity index is 356. The SMILES string of the molecule is CC(C)n1cc(NC(=O)C(N)=O)cn1. The minimum absolute atomic E-state index is 0.203. The fraction of sp³-hybridized carbons (Fsp3) is 0.375. The topological polar surface area (TPSA) is 90.0 Å². The van der Waals surface area contributed by atoms with Crippen molar-refractivity contribution in [3.05, 3.63) is 12.4 Å². The standard InChI is InChI=1S/C8H12N4O2/c1-5(2)12-4-6(3-10-12)11-8(14)7(9)13/h3-5H,1-2H3,(H2,9,13)(H,11,14). The first kappa shape index (κ1) is 10.2. The Morgan fingerprint density at radius 3 is 2.64 bits per heavy atom. The van der Waals surface area contributed by atoms with Crippen LogP contribution in [0.15, 0.2) is 12.4 Å². The summed E-state index contributed by atoms with van der Waals surface area (Å²) in [5, 5.41) is 6.30. The summed E-state index contributed by atoms with van der Waals surface area (Å²) in [6, 6.07) is 0.203. The van der Waals surface area contributed by atoms with Crippen LogP contribution in [0.2, 0.25) is 0 Å². The molecule has 1 heterocycles. The van der Waals surface area contributed by atoms with E-state index >= 15 is 0 Å². The van der Waals surface area contributed by atoms with Crippen molar-refractivity contribution in [2.75, 3.05) is 5.32 Å². The van der Waals surface area contributed by atoms with Gasteiger partial charge in [-0.25, -0.2) is 0 Å². The molecule has 0 radical (unpaired) electrons. The van der Waals surface area contributed by atoms with E-state index in [0.717, 1.165) is 0 Å². The van der Waals surface area contributed by atoms with Crippen LogP contribution >= 0.6 is 0 Å². The number of nitrogens with one attached hydrogen (secondary N) is 1. The van der Waals surface area contributed by atoms with Gasteiger partial charge in [-0.3, -0.25) is 14.3 Å². The average Bonchev–Trinajstić information content (AvgIpc) is 2.52. The fourth-order valence-electron chi connectivity index (χ4n) is 0.878. The molecular weight excluding hydrogens is 184 g/mol. The molecule has 0 unspecified atom stereocenters. The van der Waals surface area contributed by atoms with Gasteiger partial charge >= 0.3 is 11.8 Å². The van der Waals surface area contributed by atoms with Crippen molar-refractivity contribution < 1.29 is 9.59 Å². The molecule has 1 rings (SSSR count). The monoisotopic (exact) mass is 196 g/mol. The van der Waals surface area contributed by atoms with Gasteiger partial charge in [-0.15, -0.1) is 0 Å². The van der Waals surface area contributed by atoms with Gasteiger partial charge in [-0.2, -0.15) is 5.10 Å². The molecule has 0 saturated heterocycles. The zero-order valence-electron chi connectivity index (χ0n) is 8.02. The summed E-state index contributed by atoms with van der Waals surface area (Å²) in [4.78, 5) is 21.3. The molecule has 0 bridgehead atoms. The summed E-state index contributed by atoms with van der Waals surface area (Å²) in [6.45, 7) is 3.90. The molecule has 3 N–H and O–H groups in total. The van der Waals surface area contributed by atoms with Crippen molar-refractivity contribution in [2.24, 2.45) is 5.73 Å². The fourth-order valence-corrected chi connectivity index (χ4v) is 0.878. The highest BCUT2D eigenvalue weighted by molar-refractivity contribution is 6.39. The maximum atomic E-state index is 10.9. The summed E-state index contributed by atoms with van der Waals surface area (Å²) < 4.78 is 1.66. The minimum Gasteiger partial charge on any atom is -0.361 e. The van der Waals surface area contributed by atoms with Crippen molar-refractivity contribution in [3.8, 4) is 0 Å². The van der Waals surface area contributed by atoms with Crippen molar-refractivity contribution in [1.82, 2.24) is 9.78 Å². The lowest BCUT2D eigenvalue weighted by molar-refractivity contribution is -0.134. The van der Waals surface area contributed by atoms with Crippen LogP contribution in [0, 0.1) is 0 Å². The Balaban J connectivity index is 2.69. The number of carbonyl (C=O) groups excluding carboxylic acids is 2. The Hall–Kier alpha value is -1.85. The van der Waals surface area contributed by atoms with Crippen molar-refractivity contribution >= 4 is 17.5 Å². The Labute approximate surface area is 81.1 Å². The van der Waals surface area contributed by atoms with Gasteiger partial charge in [-0.05, 0) is 13.8 Å². The highest BCUT2D eigenvalue weighted by atomic mass is 16.2. The van der Waals surface area contributed by atoms with E-state index in [1.165, 1.54) is 6.20 Å². The third kappa shape index (κ3) is 2.32. The molecule has 2 amide bonds. The highest BCUT2D eigenvalue weighted by Crippen LogP contribution is 2.09. The van der Waals surface area contributed by atoms with Gasteiger partial charge in [0.05, 0.1) is 11.9 Å². The molecule has 1 aromatic rings. The molecule has 76 valence electrons. The number of nitrogens with two attached hydrogens (primary N) is 1. The van der Waals surface area contributed by atoms with Crippen LogP contribution in [0.25, 0.3) is 0 Å². The summed E-state index contributed by atoms with van der Waals surface area (Å²) >= 11 is 0. The molecule has 0 fully saturated rings. The molecule has 6 heteroatoms. The Kier molecular flexibility index (Phi) is 2.85. The lowest BCUT2D eigenvalue weighted by Gasteiger charge is -2.02. The van der Waals surface area contributed by atoms with Crippen LogP contribution in [-0.2, 0) is 9.59 Å². The molecule has 14 heavy (non-hydrogen) atoms. The van der Waals surface area contributed by atoms with Gasteiger partial charge in [0, 0.05) is 12.2 Å². The quantitative estimate of drug-likeness (QED) is 0.646. The van der Waals surface area contributed by atoms with Crippen LogP contribution in [0.4, 0.5) is 5.69 Å². The first-order valence-electron chi connectivity index (χ1n) is 4.15. The Morgan fingerprint density at radius 2 is 2.21 bits per heavy atom. The second-order valence-electron chi connectivity index (χ2n) is 3.12. The smallest absolute Gasteiger partial charge is 0.313 e. The van der Waals surface area contributed by atoms with E-state index in [-0.39, 0.29) is 6.04 Å². The number of anilines is 1. The third-order valence-electron chi connectivity index (χ3n) is 1.61. The van der Waals surface area contributed by atoms with Crippen molar-refractivity contribution in [3.63, 3.8) is 0 Å². The van der Waals surface area contributed by atoms with E-state index in [0.29, 0.717) is 5.69 Å². The summed E-state index contributed by atoms with van der Waals surface area (Å²) in [5.74, 6) is -1.85. The number of primary amides is 1. The van der Waals surface area contributed by atoms with E-state index in [9.17, 15) is 9.59 Å². The molecule has 0 saturated carbocycles. The van der Waals surface area contributed by atoms with E-state index in [2.05, 4.69) is 10.4 Å². The van der Waals surface area contributed by atoms with E-state index < -0.39 is 11.8 Å². The molecular formula is C8H12N4O2. The minimum atomic E-state index is -1.01. The number of hydrogen-bond acceptors (Lipinski definition) is 3. The molecule has 1 aromatic heterocycles. The van der Waals surface area contributed by atoms with Gasteiger partial charge < -0.3 is 11.1 Å². The number of carbonyl (C=O) groups is 2. The van der Waals surface area contributed by atoms with Crippen molar-refractivity contribution in [1.29, 1.82) is 0 Å². The van der Waals surface area contributed by atoms with Crippen LogP contribution in [0.5, 0.6) is 0 Å². The first-order valence-corrected chi connectivity index (χ1v) is 4.15. The normalized spacial score (nSPS) is 10.2.